The van der Waals surface area contributed by atoms with Crippen molar-refractivity contribution in [1.29, 1.82) is 0 Å². The van der Waals surface area contributed by atoms with Crippen LogP contribution in [-0.2, 0) is 18.3 Å². The number of hydrogen-bond acceptors (Lipinski definition) is 0. The lowest BCUT2D eigenvalue weighted by molar-refractivity contribution is 0.589. The highest BCUT2D eigenvalue weighted by Gasteiger charge is 2.21. The molecule has 0 N–H and O–H groups in total. The lowest BCUT2D eigenvalue weighted by atomic mass is 9.84. The van der Waals surface area contributed by atoms with Crippen LogP contribution in [0.25, 0.3) is 0 Å². The smallest absolute Gasteiger partial charge is 0.00610 e. The Hall–Kier alpha value is -1.04. The first kappa shape index (κ1) is 10.5. The van der Waals surface area contributed by atoms with E-state index in [2.05, 4.69) is 46.4 Å². The predicted octanol–water partition coefficient (Wildman–Crippen LogP) is 3.95. The van der Waals surface area contributed by atoms with E-state index in [1.165, 1.54) is 27.8 Å². The van der Waals surface area contributed by atoms with E-state index in [1.54, 1.807) is 0 Å². The van der Waals surface area contributed by atoms with Gasteiger partial charge in [-0.3, -0.25) is 0 Å². The lowest BCUT2D eigenvalue weighted by Crippen LogP contribution is -2.12. The second-order valence-electron chi connectivity index (χ2n) is 5.78. The molecule has 0 heteroatoms. The van der Waals surface area contributed by atoms with Crippen LogP contribution in [0.15, 0.2) is 24.3 Å². The quantitative estimate of drug-likeness (QED) is 0.556. The number of aryl methyl sites for hydroxylation is 1. The molecule has 0 saturated carbocycles. The molecule has 1 aliphatic rings. The van der Waals surface area contributed by atoms with E-state index in [0.717, 1.165) is 12.8 Å². The molecular weight excluding hydrogens is 180 g/mol. The minimum absolute atomic E-state index is 0.254. The molecule has 0 bridgehead atoms. The zero-order valence-electron chi connectivity index (χ0n) is 10.3. The molecule has 0 atom stereocenters. The molecule has 1 aliphatic carbocycles. The van der Waals surface area contributed by atoms with Crippen molar-refractivity contribution in [3.05, 3.63) is 46.5 Å². The molecule has 0 unspecified atom stereocenters. The first-order valence-electron chi connectivity index (χ1n) is 5.67. The Morgan fingerprint density at radius 1 is 1.13 bits per heavy atom. The Balaban J connectivity index is 2.54. The molecule has 80 valence electrons. The fourth-order valence-electron chi connectivity index (χ4n) is 2.32. The first-order chi connectivity index (χ1) is 6.88. The number of rotatable bonds is 0. The van der Waals surface area contributed by atoms with Gasteiger partial charge in [0.1, 0.15) is 0 Å². The predicted molar refractivity (Wildman–Crippen MR) is 66.4 cm³/mol. The van der Waals surface area contributed by atoms with Crippen LogP contribution in [0.3, 0.4) is 0 Å². The summed E-state index contributed by atoms with van der Waals surface area (Å²) >= 11 is 0. The van der Waals surface area contributed by atoms with E-state index >= 15 is 0 Å². The average molecular weight is 200 g/mol. The second kappa shape index (κ2) is 3.23. The molecule has 0 heterocycles. The van der Waals surface area contributed by atoms with E-state index in [4.69, 9.17) is 0 Å². The third-order valence-corrected chi connectivity index (χ3v) is 3.30. The van der Waals surface area contributed by atoms with Crippen molar-refractivity contribution in [3.63, 3.8) is 0 Å². The zero-order valence-corrected chi connectivity index (χ0v) is 10.3. The standard InChI is InChI=1S/C15H20/c1-10-6-12-9-13(15(3,4)5)8-11(2)14(12)7-10/h8-9H,1,6-7H2,2-5H3. The molecule has 0 nitrogen and oxygen atoms in total. The summed E-state index contributed by atoms with van der Waals surface area (Å²) in [6, 6.07) is 4.72. The molecular formula is C15H20. The van der Waals surface area contributed by atoms with Gasteiger partial charge in [-0.25, -0.2) is 0 Å². The van der Waals surface area contributed by atoms with Gasteiger partial charge in [0.15, 0.2) is 0 Å². The Kier molecular flexibility index (Phi) is 2.26. The summed E-state index contributed by atoms with van der Waals surface area (Å²) in [6.45, 7) is 13.2. The lowest BCUT2D eigenvalue weighted by Gasteiger charge is -2.21. The second-order valence-corrected chi connectivity index (χ2v) is 5.78. The molecule has 2 rings (SSSR count). The minimum atomic E-state index is 0.254. The highest BCUT2D eigenvalue weighted by molar-refractivity contribution is 5.48. The van der Waals surface area contributed by atoms with Crippen molar-refractivity contribution in [2.45, 2.75) is 46.0 Å². The van der Waals surface area contributed by atoms with Gasteiger partial charge in [-0.05, 0) is 47.4 Å². The number of fused-ring (bicyclic) bond motifs is 1. The molecule has 15 heavy (non-hydrogen) atoms. The van der Waals surface area contributed by atoms with E-state index in [9.17, 15) is 0 Å². The summed E-state index contributed by atoms with van der Waals surface area (Å²) in [5.41, 5.74) is 7.53. The number of allylic oxidation sites excluding steroid dienone is 1. The van der Waals surface area contributed by atoms with Gasteiger partial charge in [-0.1, -0.05) is 45.1 Å². The van der Waals surface area contributed by atoms with Crippen LogP contribution in [0.4, 0.5) is 0 Å². The summed E-state index contributed by atoms with van der Waals surface area (Å²) in [5, 5.41) is 0. The molecule has 1 aromatic rings. The van der Waals surface area contributed by atoms with Gasteiger partial charge < -0.3 is 0 Å². The van der Waals surface area contributed by atoms with Crippen molar-refractivity contribution < 1.29 is 0 Å². The van der Waals surface area contributed by atoms with E-state index in [0.29, 0.717) is 0 Å². The average Bonchev–Trinajstić information content (AvgIpc) is 2.44. The van der Waals surface area contributed by atoms with Gasteiger partial charge in [-0.15, -0.1) is 0 Å². The topological polar surface area (TPSA) is 0 Å². The van der Waals surface area contributed by atoms with Crippen LogP contribution in [0.5, 0.6) is 0 Å². The fraction of sp³-hybridized carbons (Fsp3) is 0.467. The van der Waals surface area contributed by atoms with Gasteiger partial charge in [0.05, 0.1) is 0 Å². The van der Waals surface area contributed by atoms with Gasteiger partial charge in [0.25, 0.3) is 0 Å². The van der Waals surface area contributed by atoms with Crippen LogP contribution in [0.1, 0.15) is 43.0 Å². The summed E-state index contributed by atoms with van der Waals surface area (Å²) in [6.07, 6.45) is 2.17. The van der Waals surface area contributed by atoms with Crippen LogP contribution in [0, 0.1) is 6.92 Å². The van der Waals surface area contributed by atoms with Gasteiger partial charge in [0.2, 0.25) is 0 Å². The van der Waals surface area contributed by atoms with E-state index < -0.39 is 0 Å². The normalized spacial score (nSPS) is 15.6. The summed E-state index contributed by atoms with van der Waals surface area (Å²) in [4.78, 5) is 0. The van der Waals surface area contributed by atoms with Crippen molar-refractivity contribution >= 4 is 0 Å². The molecule has 0 aliphatic heterocycles. The molecule has 0 saturated heterocycles. The fourth-order valence-corrected chi connectivity index (χ4v) is 2.32. The van der Waals surface area contributed by atoms with Crippen LogP contribution in [0.2, 0.25) is 0 Å². The van der Waals surface area contributed by atoms with Crippen molar-refractivity contribution in [2.75, 3.05) is 0 Å². The summed E-state index contributed by atoms with van der Waals surface area (Å²) in [5.74, 6) is 0. The Morgan fingerprint density at radius 2 is 1.80 bits per heavy atom. The third-order valence-electron chi connectivity index (χ3n) is 3.30. The highest BCUT2D eigenvalue weighted by Crippen LogP contribution is 2.33. The van der Waals surface area contributed by atoms with Gasteiger partial charge in [-0.2, -0.15) is 0 Å². The van der Waals surface area contributed by atoms with Crippen molar-refractivity contribution in [1.82, 2.24) is 0 Å². The Morgan fingerprint density at radius 3 is 2.40 bits per heavy atom. The van der Waals surface area contributed by atoms with Crippen molar-refractivity contribution in [2.24, 2.45) is 0 Å². The maximum Gasteiger partial charge on any atom is -0.00610 e. The van der Waals surface area contributed by atoms with E-state index in [1.807, 2.05) is 0 Å². The maximum absolute atomic E-state index is 4.10. The first-order valence-corrected chi connectivity index (χ1v) is 5.67. The molecule has 0 aromatic heterocycles. The number of benzene rings is 1. The Bertz CT molecular complexity index is 416. The zero-order chi connectivity index (χ0) is 11.2. The van der Waals surface area contributed by atoms with Gasteiger partial charge >= 0.3 is 0 Å². The maximum atomic E-state index is 4.10. The summed E-state index contributed by atoms with van der Waals surface area (Å²) in [7, 11) is 0. The van der Waals surface area contributed by atoms with Gasteiger partial charge in [0, 0.05) is 0 Å². The van der Waals surface area contributed by atoms with Crippen LogP contribution in [-0.4, -0.2) is 0 Å². The highest BCUT2D eigenvalue weighted by atomic mass is 14.3. The van der Waals surface area contributed by atoms with E-state index in [-0.39, 0.29) is 5.41 Å². The SMILES string of the molecule is C=C1Cc2cc(C(C)(C)C)cc(C)c2C1. The molecule has 1 aromatic carbocycles. The van der Waals surface area contributed by atoms with Crippen molar-refractivity contribution in [3.8, 4) is 0 Å². The molecule has 0 amide bonds. The Labute approximate surface area is 93.0 Å². The molecule has 0 fully saturated rings. The minimum Gasteiger partial charge on any atom is -0.0992 e. The molecule has 0 spiro atoms. The number of hydrogen-bond donors (Lipinski definition) is 0. The molecule has 0 radical (unpaired) electrons. The monoisotopic (exact) mass is 200 g/mol. The third kappa shape index (κ3) is 1.86. The summed E-state index contributed by atoms with van der Waals surface area (Å²) < 4.78 is 0. The van der Waals surface area contributed by atoms with Crippen LogP contribution < -0.4 is 0 Å². The van der Waals surface area contributed by atoms with Crippen LogP contribution >= 0.6 is 0 Å². The largest absolute Gasteiger partial charge is 0.0992 e.